The summed E-state index contributed by atoms with van der Waals surface area (Å²) in [5, 5.41) is 13.6. The molecule has 19 heavy (non-hydrogen) atoms. The van der Waals surface area contributed by atoms with Crippen LogP contribution in [-0.2, 0) is 11.3 Å². The summed E-state index contributed by atoms with van der Waals surface area (Å²) in [5.41, 5.74) is 0.743. The minimum Gasteiger partial charge on any atom is -0.508 e. The largest absolute Gasteiger partial charge is 0.508 e. The van der Waals surface area contributed by atoms with E-state index in [4.69, 9.17) is 16.3 Å². The van der Waals surface area contributed by atoms with Crippen LogP contribution in [0.4, 0.5) is 0 Å². The summed E-state index contributed by atoms with van der Waals surface area (Å²) in [6, 6.07) is 5.18. The third-order valence-corrected chi connectivity index (χ3v) is 3.79. The molecule has 0 aliphatic carbocycles. The van der Waals surface area contributed by atoms with Gasteiger partial charge >= 0.3 is 0 Å². The van der Waals surface area contributed by atoms with Crippen LogP contribution in [0.15, 0.2) is 18.2 Å². The van der Waals surface area contributed by atoms with Crippen LogP contribution < -0.4 is 5.32 Å². The third-order valence-electron chi connectivity index (χ3n) is 3.44. The Hall–Kier alpha value is -0.810. The Kier molecular flexibility index (Phi) is 5.45. The van der Waals surface area contributed by atoms with E-state index in [0.717, 1.165) is 38.3 Å². The van der Waals surface area contributed by atoms with Gasteiger partial charge in [0.05, 0.1) is 12.7 Å². The molecule has 106 valence electrons. The van der Waals surface area contributed by atoms with Crippen LogP contribution in [0.3, 0.4) is 0 Å². The summed E-state index contributed by atoms with van der Waals surface area (Å²) in [5.74, 6) is 0.236. The van der Waals surface area contributed by atoms with Crippen LogP contribution in [0.25, 0.3) is 0 Å². The van der Waals surface area contributed by atoms with Crippen molar-refractivity contribution < 1.29 is 9.84 Å². The molecule has 0 radical (unpaired) electrons. The summed E-state index contributed by atoms with van der Waals surface area (Å²) in [7, 11) is 0. The van der Waals surface area contributed by atoms with Crippen LogP contribution >= 0.6 is 11.6 Å². The number of hydrogen-bond donors (Lipinski definition) is 2. The Bertz CT molecular complexity index is 394. The van der Waals surface area contributed by atoms with Crippen molar-refractivity contribution in [1.29, 1.82) is 0 Å². The Balaban J connectivity index is 1.80. The summed E-state index contributed by atoms with van der Waals surface area (Å²) >= 11 is 6.06. The molecule has 4 nitrogen and oxygen atoms in total. The number of rotatable bonds is 5. The second-order valence-corrected chi connectivity index (χ2v) is 5.16. The summed E-state index contributed by atoms with van der Waals surface area (Å²) in [6.45, 7) is 7.30. The first kappa shape index (κ1) is 14.6. The topological polar surface area (TPSA) is 44.7 Å². The van der Waals surface area contributed by atoms with Crippen molar-refractivity contribution in [3.8, 4) is 5.75 Å². The van der Waals surface area contributed by atoms with Crippen molar-refractivity contribution in [2.45, 2.75) is 19.6 Å². The first-order valence-corrected chi connectivity index (χ1v) is 7.09. The van der Waals surface area contributed by atoms with Crippen LogP contribution in [0, 0.1) is 0 Å². The standard InChI is InChI=1S/C14H21ClN2O2/c1-2-17-6-7-19-11(10-17)8-16-9-12-13(15)4-3-5-14(12)18/h3-5,11,16,18H,2,6-10H2,1H3. The molecule has 1 aliphatic heterocycles. The molecule has 0 saturated carbocycles. The number of hydrogen-bond acceptors (Lipinski definition) is 4. The van der Waals surface area contributed by atoms with Crippen molar-refractivity contribution >= 4 is 11.6 Å². The summed E-state index contributed by atoms with van der Waals surface area (Å²) in [4.78, 5) is 2.38. The van der Waals surface area contributed by atoms with Gasteiger partial charge in [-0.2, -0.15) is 0 Å². The smallest absolute Gasteiger partial charge is 0.121 e. The van der Waals surface area contributed by atoms with Gasteiger partial charge < -0.3 is 15.2 Å². The maximum Gasteiger partial charge on any atom is 0.121 e. The van der Waals surface area contributed by atoms with Gasteiger partial charge in [-0.3, -0.25) is 4.90 Å². The Labute approximate surface area is 119 Å². The molecule has 2 N–H and O–H groups in total. The van der Waals surface area contributed by atoms with Gasteiger partial charge in [0.1, 0.15) is 5.75 Å². The molecule has 0 spiro atoms. The van der Waals surface area contributed by atoms with Gasteiger partial charge in [-0.15, -0.1) is 0 Å². The lowest BCUT2D eigenvalue weighted by Crippen LogP contribution is -2.46. The highest BCUT2D eigenvalue weighted by Crippen LogP contribution is 2.24. The highest BCUT2D eigenvalue weighted by molar-refractivity contribution is 6.31. The maximum absolute atomic E-state index is 9.74. The average molecular weight is 285 g/mol. The van der Waals surface area contributed by atoms with Gasteiger partial charge in [-0.25, -0.2) is 0 Å². The number of phenols is 1. The normalized spacial score (nSPS) is 20.6. The molecule has 0 aromatic heterocycles. The van der Waals surface area contributed by atoms with E-state index in [1.165, 1.54) is 0 Å². The van der Waals surface area contributed by atoms with E-state index >= 15 is 0 Å². The number of likely N-dealkylation sites (N-methyl/N-ethyl adjacent to an activating group) is 1. The van der Waals surface area contributed by atoms with E-state index in [1.807, 2.05) is 0 Å². The molecule has 1 aromatic rings. The highest BCUT2D eigenvalue weighted by atomic mass is 35.5. The van der Waals surface area contributed by atoms with E-state index in [0.29, 0.717) is 11.6 Å². The number of ether oxygens (including phenoxy) is 1. The van der Waals surface area contributed by atoms with Crippen molar-refractivity contribution in [2.24, 2.45) is 0 Å². The van der Waals surface area contributed by atoms with Crippen LogP contribution in [0.5, 0.6) is 5.75 Å². The first-order chi connectivity index (χ1) is 9.20. The highest BCUT2D eigenvalue weighted by Gasteiger charge is 2.18. The predicted octanol–water partition coefficient (Wildman–Crippen LogP) is 1.86. The van der Waals surface area contributed by atoms with Gasteiger partial charge in [-0.05, 0) is 18.7 Å². The van der Waals surface area contributed by atoms with Gasteiger partial charge in [0.15, 0.2) is 0 Å². The van der Waals surface area contributed by atoms with Crippen molar-refractivity contribution in [1.82, 2.24) is 10.2 Å². The molecule has 1 heterocycles. The second-order valence-electron chi connectivity index (χ2n) is 4.75. The molecule has 1 aliphatic rings. The fraction of sp³-hybridized carbons (Fsp3) is 0.571. The number of morpholine rings is 1. The lowest BCUT2D eigenvalue weighted by atomic mass is 10.2. The van der Waals surface area contributed by atoms with Gasteiger partial charge in [0, 0.05) is 36.8 Å². The van der Waals surface area contributed by atoms with Gasteiger partial charge in [0.25, 0.3) is 0 Å². The second kappa shape index (κ2) is 7.10. The average Bonchev–Trinajstić information content (AvgIpc) is 2.42. The zero-order valence-electron chi connectivity index (χ0n) is 11.2. The Morgan fingerprint density at radius 3 is 3.11 bits per heavy atom. The van der Waals surface area contributed by atoms with Crippen LogP contribution in [-0.4, -0.2) is 48.9 Å². The van der Waals surface area contributed by atoms with E-state index in [2.05, 4.69) is 17.1 Å². The number of nitrogens with zero attached hydrogens (tertiary/aromatic N) is 1. The molecule has 0 amide bonds. The minimum atomic E-state index is 0.207. The molecule has 0 bridgehead atoms. The summed E-state index contributed by atoms with van der Waals surface area (Å²) < 4.78 is 5.71. The Morgan fingerprint density at radius 2 is 2.37 bits per heavy atom. The number of nitrogens with one attached hydrogen (secondary N) is 1. The van der Waals surface area contributed by atoms with E-state index < -0.39 is 0 Å². The lowest BCUT2D eigenvalue weighted by Gasteiger charge is -2.32. The van der Waals surface area contributed by atoms with Gasteiger partial charge in [-0.1, -0.05) is 24.6 Å². The molecular weight excluding hydrogens is 264 g/mol. The number of phenolic OH excluding ortho intramolecular Hbond substituents is 1. The van der Waals surface area contributed by atoms with E-state index in [-0.39, 0.29) is 11.9 Å². The van der Waals surface area contributed by atoms with Crippen LogP contribution in [0.1, 0.15) is 12.5 Å². The number of benzene rings is 1. The van der Waals surface area contributed by atoms with Gasteiger partial charge in [0.2, 0.25) is 0 Å². The lowest BCUT2D eigenvalue weighted by molar-refractivity contribution is -0.0253. The first-order valence-electron chi connectivity index (χ1n) is 6.71. The molecule has 1 aromatic carbocycles. The fourth-order valence-electron chi connectivity index (χ4n) is 2.27. The van der Waals surface area contributed by atoms with E-state index in [1.54, 1.807) is 18.2 Å². The molecule has 2 rings (SSSR count). The SMILES string of the molecule is CCN1CCOC(CNCc2c(O)cccc2Cl)C1. The molecular formula is C14H21ClN2O2. The minimum absolute atomic E-state index is 0.207. The quantitative estimate of drug-likeness (QED) is 0.866. The predicted molar refractivity (Wildman–Crippen MR) is 76.7 cm³/mol. The third kappa shape index (κ3) is 4.08. The van der Waals surface area contributed by atoms with Crippen molar-refractivity contribution in [3.05, 3.63) is 28.8 Å². The van der Waals surface area contributed by atoms with Crippen molar-refractivity contribution in [3.63, 3.8) is 0 Å². The van der Waals surface area contributed by atoms with Crippen LogP contribution in [0.2, 0.25) is 5.02 Å². The Morgan fingerprint density at radius 1 is 1.53 bits per heavy atom. The zero-order chi connectivity index (χ0) is 13.7. The monoisotopic (exact) mass is 284 g/mol. The fourth-order valence-corrected chi connectivity index (χ4v) is 2.51. The van der Waals surface area contributed by atoms with E-state index in [9.17, 15) is 5.11 Å². The zero-order valence-corrected chi connectivity index (χ0v) is 12.0. The molecule has 5 heteroatoms. The maximum atomic E-state index is 9.74. The molecule has 1 atom stereocenters. The molecule has 1 unspecified atom stereocenters. The number of halogens is 1. The molecule has 1 saturated heterocycles. The molecule has 1 fully saturated rings. The van der Waals surface area contributed by atoms with Crippen molar-refractivity contribution in [2.75, 3.05) is 32.8 Å². The number of aromatic hydroxyl groups is 1. The summed E-state index contributed by atoms with van der Waals surface area (Å²) in [6.07, 6.45) is 0.207.